The van der Waals surface area contributed by atoms with Gasteiger partial charge in [-0.1, -0.05) is 32.9 Å². The van der Waals surface area contributed by atoms with Crippen LogP contribution in [0.4, 0.5) is 0 Å². The molecule has 0 unspecified atom stereocenters. The van der Waals surface area contributed by atoms with Gasteiger partial charge in [0.25, 0.3) is 0 Å². The fraction of sp³-hybridized carbons (Fsp3) is 0.429. The molecule has 0 nitrogen and oxygen atoms in total. The molecule has 1 rings (SSSR count). The molecule has 0 aliphatic carbocycles. The number of terminal acetylenes is 1. The molecule has 0 atom stereocenters. The molecule has 0 aliphatic rings. The molecule has 0 amide bonds. The number of benzene rings is 1. The molecule has 1 aromatic rings. The van der Waals surface area contributed by atoms with Crippen LogP contribution >= 0.6 is 11.8 Å². The van der Waals surface area contributed by atoms with Gasteiger partial charge in [0.1, 0.15) is 0 Å². The third kappa shape index (κ3) is 4.01. The van der Waals surface area contributed by atoms with Gasteiger partial charge in [0, 0.05) is 17.1 Å². The number of thioether (sulfide) groups is 1. The molecular formula is C14H18S. The van der Waals surface area contributed by atoms with E-state index in [4.69, 9.17) is 6.42 Å². The Morgan fingerprint density at radius 3 is 2.27 bits per heavy atom. The summed E-state index contributed by atoms with van der Waals surface area (Å²) in [4.78, 5) is 1.30. The van der Waals surface area contributed by atoms with E-state index in [9.17, 15) is 0 Å². The van der Waals surface area contributed by atoms with Crippen molar-refractivity contribution in [3.63, 3.8) is 0 Å². The maximum atomic E-state index is 5.21. The highest BCUT2D eigenvalue weighted by Crippen LogP contribution is 2.25. The van der Waals surface area contributed by atoms with Crippen molar-refractivity contribution >= 4 is 11.8 Å². The molecule has 80 valence electrons. The van der Waals surface area contributed by atoms with Crippen molar-refractivity contribution in [1.29, 1.82) is 0 Å². The van der Waals surface area contributed by atoms with Crippen LogP contribution in [0.2, 0.25) is 0 Å². The topological polar surface area (TPSA) is 0 Å². The van der Waals surface area contributed by atoms with E-state index in [2.05, 4.69) is 51.0 Å². The summed E-state index contributed by atoms with van der Waals surface area (Å²) in [5.41, 5.74) is 1.62. The average Bonchev–Trinajstić information content (AvgIpc) is 2.18. The molecule has 0 aromatic heterocycles. The third-order valence-corrected chi connectivity index (χ3v) is 3.25. The summed E-state index contributed by atoms with van der Waals surface area (Å²) in [5.74, 6) is 3.66. The van der Waals surface area contributed by atoms with Gasteiger partial charge in [-0.25, -0.2) is 0 Å². The number of rotatable bonds is 3. The Balaban J connectivity index is 2.61. The fourth-order valence-electron chi connectivity index (χ4n) is 1.28. The highest BCUT2D eigenvalue weighted by molar-refractivity contribution is 7.99. The van der Waals surface area contributed by atoms with Gasteiger partial charge in [0.05, 0.1) is 0 Å². The molecule has 0 N–H and O–H groups in total. The van der Waals surface area contributed by atoms with Crippen molar-refractivity contribution < 1.29 is 0 Å². The van der Waals surface area contributed by atoms with Crippen molar-refractivity contribution in [2.24, 2.45) is 0 Å². The highest BCUT2D eigenvalue weighted by Gasteiger charge is 2.12. The Labute approximate surface area is 97.5 Å². The van der Waals surface area contributed by atoms with Crippen molar-refractivity contribution in [2.75, 3.05) is 5.75 Å². The van der Waals surface area contributed by atoms with Crippen LogP contribution in [0.15, 0.2) is 29.2 Å². The Hall–Kier alpha value is -0.870. The van der Waals surface area contributed by atoms with Crippen molar-refractivity contribution in [3.8, 4) is 12.3 Å². The van der Waals surface area contributed by atoms with E-state index in [1.807, 2.05) is 11.8 Å². The minimum Gasteiger partial charge on any atom is -0.125 e. The normalized spacial score (nSPS) is 11.1. The van der Waals surface area contributed by atoms with Gasteiger partial charge < -0.3 is 0 Å². The Morgan fingerprint density at radius 1 is 1.20 bits per heavy atom. The van der Waals surface area contributed by atoms with Crippen molar-refractivity contribution in [1.82, 2.24) is 0 Å². The molecule has 0 heterocycles. The minimum atomic E-state index is 0.238. The zero-order valence-corrected chi connectivity index (χ0v) is 10.5. The molecular weight excluding hydrogens is 200 g/mol. The fourth-order valence-corrected chi connectivity index (χ4v) is 2.06. The first kappa shape index (κ1) is 12.2. The molecule has 1 heteroatoms. The van der Waals surface area contributed by atoms with E-state index in [0.29, 0.717) is 0 Å². The Bertz CT molecular complexity index is 335. The SMILES string of the molecule is C#CCCSc1ccc(C(C)(C)C)cc1. The largest absolute Gasteiger partial charge is 0.125 e. The molecule has 0 aliphatic heterocycles. The van der Waals surface area contributed by atoms with Crippen LogP contribution in [0.3, 0.4) is 0 Å². The molecule has 1 aromatic carbocycles. The molecule has 0 spiro atoms. The molecule has 0 radical (unpaired) electrons. The highest BCUT2D eigenvalue weighted by atomic mass is 32.2. The van der Waals surface area contributed by atoms with Crippen LogP contribution in [0.1, 0.15) is 32.8 Å². The van der Waals surface area contributed by atoms with E-state index in [1.54, 1.807) is 0 Å². The maximum absolute atomic E-state index is 5.21. The summed E-state index contributed by atoms with van der Waals surface area (Å²) >= 11 is 1.82. The van der Waals surface area contributed by atoms with Gasteiger partial charge in [-0.3, -0.25) is 0 Å². The lowest BCUT2D eigenvalue weighted by atomic mass is 9.87. The molecule has 15 heavy (non-hydrogen) atoms. The second kappa shape index (κ2) is 5.28. The van der Waals surface area contributed by atoms with Crippen molar-refractivity contribution in [2.45, 2.75) is 37.5 Å². The molecule has 0 bridgehead atoms. The van der Waals surface area contributed by atoms with E-state index < -0.39 is 0 Å². The maximum Gasteiger partial charge on any atom is 0.0180 e. The summed E-state index contributed by atoms with van der Waals surface area (Å²) < 4.78 is 0. The summed E-state index contributed by atoms with van der Waals surface area (Å²) in [5, 5.41) is 0. The van der Waals surface area contributed by atoms with E-state index in [0.717, 1.165) is 12.2 Å². The van der Waals surface area contributed by atoms with Gasteiger partial charge in [-0.15, -0.1) is 24.1 Å². The summed E-state index contributed by atoms with van der Waals surface area (Å²) in [7, 11) is 0. The molecule has 0 saturated carbocycles. The number of hydrogen-bond acceptors (Lipinski definition) is 1. The van der Waals surface area contributed by atoms with E-state index >= 15 is 0 Å². The lowest BCUT2D eigenvalue weighted by Crippen LogP contribution is -2.10. The van der Waals surface area contributed by atoms with Crippen LogP contribution < -0.4 is 0 Å². The van der Waals surface area contributed by atoms with Gasteiger partial charge >= 0.3 is 0 Å². The van der Waals surface area contributed by atoms with E-state index in [1.165, 1.54) is 10.5 Å². The van der Waals surface area contributed by atoms with E-state index in [-0.39, 0.29) is 5.41 Å². The van der Waals surface area contributed by atoms with Gasteiger partial charge in [-0.2, -0.15) is 0 Å². The van der Waals surface area contributed by atoms with Gasteiger partial charge in [0.2, 0.25) is 0 Å². The number of hydrogen-bond donors (Lipinski definition) is 0. The Kier molecular flexibility index (Phi) is 4.29. The van der Waals surface area contributed by atoms with Crippen LogP contribution in [-0.2, 0) is 5.41 Å². The van der Waals surface area contributed by atoms with Crippen LogP contribution in [0.5, 0.6) is 0 Å². The first-order valence-corrected chi connectivity index (χ1v) is 6.19. The van der Waals surface area contributed by atoms with Crippen LogP contribution in [0.25, 0.3) is 0 Å². The van der Waals surface area contributed by atoms with Crippen molar-refractivity contribution in [3.05, 3.63) is 29.8 Å². The lowest BCUT2D eigenvalue weighted by Gasteiger charge is -2.18. The lowest BCUT2D eigenvalue weighted by molar-refractivity contribution is 0.590. The first-order chi connectivity index (χ1) is 7.04. The second-order valence-electron chi connectivity index (χ2n) is 4.58. The quantitative estimate of drug-likeness (QED) is 0.418. The zero-order valence-electron chi connectivity index (χ0n) is 9.71. The molecule has 0 saturated heterocycles. The predicted molar refractivity (Wildman–Crippen MR) is 69.3 cm³/mol. The average molecular weight is 218 g/mol. The molecule has 0 fully saturated rings. The standard InChI is InChI=1S/C14H18S/c1-5-6-11-15-13-9-7-12(8-10-13)14(2,3)4/h1,7-10H,6,11H2,2-4H3. The summed E-state index contributed by atoms with van der Waals surface area (Å²) in [6, 6.07) is 8.78. The monoisotopic (exact) mass is 218 g/mol. The van der Waals surface area contributed by atoms with Gasteiger partial charge in [0.15, 0.2) is 0 Å². The first-order valence-electron chi connectivity index (χ1n) is 5.21. The minimum absolute atomic E-state index is 0.238. The van der Waals surface area contributed by atoms with Crippen LogP contribution in [0, 0.1) is 12.3 Å². The zero-order chi connectivity index (χ0) is 11.3. The predicted octanol–water partition coefficient (Wildman–Crippen LogP) is 4.10. The smallest absolute Gasteiger partial charge is 0.0180 e. The second-order valence-corrected chi connectivity index (χ2v) is 5.75. The Morgan fingerprint density at radius 2 is 1.80 bits per heavy atom. The van der Waals surface area contributed by atoms with Gasteiger partial charge in [-0.05, 0) is 23.1 Å². The third-order valence-electron chi connectivity index (χ3n) is 2.24. The van der Waals surface area contributed by atoms with Crippen LogP contribution in [-0.4, -0.2) is 5.75 Å². The summed E-state index contributed by atoms with van der Waals surface area (Å²) in [6.07, 6.45) is 6.05. The summed E-state index contributed by atoms with van der Waals surface area (Å²) in [6.45, 7) is 6.69.